The van der Waals surface area contributed by atoms with Crippen LogP contribution in [-0.4, -0.2) is 25.1 Å². The summed E-state index contributed by atoms with van der Waals surface area (Å²) in [6.07, 6.45) is 1.43. The highest BCUT2D eigenvalue weighted by Crippen LogP contribution is 2.46. The number of ether oxygens (including phenoxy) is 1. The fraction of sp³-hybridized carbons (Fsp3) is 0.0357. The molecule has 1 aromatic heterocycles. The number of para-hydroxylation sites is 2. The third-order valence-electron chi connectivity index (χ3n) is 5.74. The van der Waals surface area contributed by atoms with E-state index in [1.54, 1.807) is 47.0 Å². The lowest BCUT2D eigenvalue weighted by Crippen LogP contribution is -2.26. The van der Waals surface area contributed by atoms with E-state index in [1.807, 2.05) is 0 Å². The van der Waals surface area contributed by atoms with Gasteiger partial charge in [-0.15, -0.1) is 0 Å². The van der Waals surface area contributed by atoms with E-state index in [0.29, 0.717) is 16.9 Å². The van der Waals surface area contributed by atoms with Crippen LogP contribution in [0.2, 0.25) is 5.15 Å². The number of hydrogen-bond acceptors (Lipinski definition) is 7. The molecule has 0 saturated carbocycles. The number of hydrogen-bond donors (Lipinski definition) is 1. The van der Waals surface area contributed by atoms with Crippen LogP contribution < -0.4 is 18.3 Å². The minimum absolute atomic E-state index is 0.0720. The van der Waals surface area contributed by atoms with E-state index < -0.39 is 23.6 Å². The average molecular weight is 614 g/mol. The first-order chi connectivity index (χ1) is 19.7. The molecule has 0 amide bonds. The summed E-state index contributed by atoms with van der Waals surface area (Å²) in [7, 11) is -7.54. The molecule has 0 spiro atoms. The van der Waals surface area contributed by atoms with Crippen LogP contribution in [-0.2, 0) is 14.6 Å². The Balaban J connectivity index is 1.44. The lowest BCUT2D eigenvalue weighted by molar-refractivity contribution is 0.381. The van der Waals surface area contributed by atoms with Crippen LogP contribution in [0.4, 0.5) is 4.39 Å². The Morgan fingerprint density at radius 2 is 1.46 bits per heavy atom. The summed E-state index contributed by atoms with van der Waals surface area (Å²) in [6, 6.07) is 26.1. The van der Waals surface area contributed by atoms with Crippen molar-refractivity contribution in [3.63, 3.8) is 0 Å². The Bertz CT molecular complexity index is 1780. The number of halogens is 2. The molecule has 5 aromatic rings. The molecular weight excluding hydrogens is 592 g/mol. The highest BCUT2D eigenvalue weighted by atomic mass is 35.5. The van der Waals surface area contributed by atoms with E-state index in [4.69, 9.17) is 25.4 Å². The number of rotatable bonds is 10. The van der Waals surface area contributed by atoms with E-state index in [-0.39, 0.29) is 27.3 Å². The van der Waals surface area contributed by atoms with Gasteiger partial charge in [0.1, 0.15) is 17.8 Å². The van der Waals surface area contributed by atoms with E-state index in [2.05, 4.69) is 9.48 Å². The molecule has 41 heavy (non-hydrogen) atoms. The van der Waals surface area contributed by atoms with Gasteiger partial charge in [-0.1, -0.05) is 52.5 Å². The van der Waals surface area contributed by atoms with Gasteiger partial charge in [-0.2, -0.15) is 0 Å². The maximum Gasteiger partial charge on any atom is 0.526 e. The Hall–Kier alpha value is -4.15. The summed E-state index contributed by atoms with van der Waals surface area (Å²) in [5, 5.41) is 0.116. The van der Waals surface area contributed by atoms with Crippen molar-refractivity contribution in [1.82, 2.24) is 14.0 Å². The third-order valence-corrected chi connectivity index (χ3v) is 9.67. The zero-order valence-electron chi connectivity index (χ0n) is 21.3. The number of nitrogens with one attached hydrogen (secondary N) is 1. The molecule has 210 valence electrons. The highest BCUT2D eigenvalue weighted by Gasteiger charge is 2.35. The second-order valence-corrected chi connectivity index (χ2v) is 12.4. The van der Waals surface area contributed by atoms with Gasteiger partial charge in [0.05, 0.1) is 17.7 Å². The number of aromatic nitrogens is 2. The molecule has 0 fully saturated rings. The summed E-state index contributed by atoms with van der Waals surface area (Å²) >= 11 is 6.31. The first-order valence-electron chi connectivity index (χ1n) is 12.0. The van der Waals surface area contributed by atoms with Crippen molar-refractivity contribution in [2.24, 2.45) is 0 Å². The first kappa shape index (κ1) is 28.4. The molecular formula is C28H22ClFN3O6PS. The van der Waals surface area contributed by atoms with Gasteiger partial charge in [0, 0.05) is 11.3 Å². The van der Waals surface area contributed by atoms with E-state index >= 15 is 0 Å². The Morgan fingerprint density at radius 1 is 0.878 bits per heavy atom. The smallest absolute Gasteiger partial charge is 0.494 e. The van der Waals surface area contributed by atoms with Crippen molar-refractivity contribution >= 4 is 29.4 Å². The van der Waals surface area contributed by atoms with E-state index in [0.717, 1.165) is 0 Å². The van der Waals surface area contributed by atoms with Gasteiger partial charge in [0.2, 0.25) is 0 Å². The molecule has 0 aliphatic heterocycles. The number of nitrogens with zero attached hydrogens (tertiary/aromatic N) is 2. The van der Waals surface area contributed by atoms with Crippen LogP contribution in [0.15, 0.2) is 114 Å². The van der Waals surface area contributed by atoms with E-state index in [1.165, 1.54) is 74.1 Å². The third kappa shape index (κ3) is 6.44. The normalized spacial score (nSPS) is 11.7. The van der Waals surface area contributed by atoms with Crippen molar-refractivity contribution in [3.8, 4) is 34.2 Å². The second-order valence-electron chi connectivity index (χ2n) is 8.50. The topological polar surface area (TPSA) is 109 Å². The fourth-order valence-corrected chi connectivity index (χ4v) is 7.35. The first-order valence-corrected chi connectivity index (χ1v) is 15.4. The van der Waals surface area contributed by atoms with E-state index in [9.17, 15) is 17.4 Å². The number of benzene rings is 4. The molecule has 0 bridgehead atoms. The lowest BCUT2D eigenvalue weighted by atomic mass is 10.1. The molecule has 5 rings (SSSR count). The van der Waals surface area contributed by atoms with Crippen molar-refractivity contribution in [1.29, 1.82) is 0 Å². The molecule has 1 heterocycles. The van der Waals surface area contributed by atoms with Crippen LogP contribution in [0.1, 0.15) is 0 Å². The lowest BCUT2D eigenvalue weighted by Gasteiger charge is -2.20. The predicted octanol–water partition coefficient (Wildman–Crippen LogP) is 6.88. The molecule has 4 aromatic carbocycles. The number of methoxy groups -OCH3 is 1. The Labute approximate surface area is 240 Å². The zero-order valence-corrected chi connectivity index (χ0v) is 23.8. The van der Waals surface area contributed by atoms with Crippen LogP contribution in [0.5, 0.6) is 17.2 Å². The summed E-state index contributed by atoms with van der Waals surface area (Å²) < 4.78 is 74.5. The molecule has 0 saturated heterocycles. The molecule has 0 atom stereocenters. The predicted molar refractivity (Wildman–Crippen MR) is 153 cm³/mol. The largest absolute Gasteiger partial charge is 0.526 e. The van der Waals surface area contributed by atoms with Gasteiger partial charge in [0.25, 0.3) is 10.0 Å². The number of sulfonamides is 1. The number of imidazole rings is 1. The molecule has 0 radical (unpaired) electrons. The molecule has 9 nitrogen and oxygen atoms in total. The highest BCUT2D eigenvalue weighted by molar-refractivity contribution is 7.94. The van der Waals surface area contributed by atoms with Gasteiger partial charge in [-0.3, -0.25) is 4.57 Å². The van der Waals surface area contributed by atoms with Gasteiger partial charge in [0.15, 0.2) is 16.7 Å². The molecule has 0 aliphatic rings. The van der Waals surface area contributed by atoms with Gasteiger partial charge < -0.3 is 13.8 Å². The van der Waals surface area contributed by atoms with Crippen molar-refractivity contribution < 1.29 is 31.2 Å². The Kier molecular flexibility index (Phi) is 8.14. The molecule has 0 unspecified atom stereocenters. The summed E-state index contributed by atoms with van der Waals surface area (Å²) in [4.78, 5) is 3.91. The molecule has 13 heteroatoms. The van der Waals surface area contributed by atoms with Gasteiger partial charge >= 0.3 is 7.75 Å². The van der Waals surface area contributed by atoms with Crippen LogP contribution in [0, 0.1) is 5.82 Å². The summed E-state index contributed by atoms with van der Waals surface area (Å²) in [6.45, 7) is 0. The van der Waals surface area contributed by atoms with Crippen LogP contribution in [0.3, 0.4) is 0 Å². The summed E-state index contributed by atoms with van der Waals surface area (Å²) in [5.74, 6) is -0.224. The average Bonchev–Trinajstić information content (AvgIpc) is 3.34. The standard InChI is InChI=1S/C28H22ClFN3O6PS/c1-37-26-17-12-20(18-25(26)30)27-28(29)31-19-33(27)21-13-15-24(16-14-21)41(35,36)32-40(34,38-22-8-4-2-5-9-22)39-23-10-6-3-7-11-23/h2-19H,1H3,(H,32,34). The van der Waals surface area contributed by atoms with Crippen molar-refractivity contribution in [2.75, 3.05) is 7.11 Å². The van der Waals surface area contributed by atoms with Gasteiger partial charge in [-0.05, 0) is 66.7 Å². The van der Waals surface area contributed by atoms with Crippen molar-refractivity contribution in [3.05, 3.63) is 120 Å². The quantitative estimate of drug-likeness (QED) is 0.171. The maximum absolute atomic E-state index is 14.4. The van der Waals surface area contributed by atoms with Crippen molar-refractivity contribution in [2.45, 2.75) is 4.90 Å². The van der Waals surface area contributed by atoms with Crippen LogP contribution >= 0.6 is 19.3 Å². The zero-order chi connectivity index (χ0) is 29.0. The minimum Gasteiger partial charge on any atom is -0.494 e. The minimum atomic E-state index is -4.49. The SMILES string of the molecule is COc1ccc(-c2c(Cl)ncn2-c2ccc(S(=O)(=O)NP(=O)(Oc3ccccc3)Oc3ccccc3)cc2)cc1F. The maximum atomic E-state index is 14.4. The van der Waals surface area contributed by atoms with Gasteiger partial charge in [-0.25, -0.2) is 22.4 Å². The second kappa shape index (κ2) is 11.8. The monoisotopic (exact) mass is 613 g/mol. The summed E-state index contributed by atoms with van der Waals surface area (Å²) in [5.41, 5.74) is 1.30. The fourth-order valence-electron chi connectivity index (χ4n) is 3.88. The molecule has 1 N–H and O–H groups in total. The Morgan fingerprint density at radius 3 is 2.00 bits per heavy atom. The van der Waals surface area contributed by atoms with Crippen LogP contribution in [0.25, 0.3) is 16.9 Å². The molecule has 0 aliphatic carbocycles.